The SMILES string of the molecule is c1ccc(C2N=C(c3ccc(-n4c5ccccc5c5cc6ccccc6cc54)cc3-c3cccc4oc5c6ccccc6ccc5c34)N=C(c3ccc4sc5ccccc5c4c3)N2)cc1. The van der Waals surface area contributed by atoms with Crippen LogP contribution in [0, 0.1) is 0 Å². The Hall–Kier alpha value is -8.32. The maximum Gasteiger partial charge on any atom is 0.160 e. The van der Waals surface area contributed by atoms with Gasteiger partial charge in [-0.05, 0) is 106 Å². The molecular formula is C59H36N4OS. The minimum absolute atomic E-state index is 0.372. The summed E-state index contributed by atoms with van der Waals surface area (Å²) in [7, 11) is 0. The molecule has 65 heavy (non-hydrogen) atoms. The summed E-state index contributed by atoms with van der Waals surface area (Å²) in [5.74, 6) is 1.44. The molecule has 1 unspecified atom stereocenters. The topological polar surface area (TPSA) is 54.8 Å². The van der Waals surface area contributed by atoms with E-state index in [1.165, 1.54) is 41.7 Å². The molecule has 0 saturated carbocycles. The van der Waals surface area contributed by atoms with E-state index >= 15 is 0 Å². The molecule has 0 amide bonds. The summed E-state index contributed by atoms with van der Waals surface area (Å²) in [5.41, 5.74) is 10.2. The van der Waals surface area contributed by atoms with E-state index in [4.69, 9.17) is 14.4 Å². The van der Waals surface area contributed by atoms with Crippen molar-refractivity contribution in [3.05, 3.63) is 223 Å². The number of aliphatic imine (C=N–C) groups is 2. The van der Waals surface area contributed by atoms with Gasteiger partial charge < -0.3 is 14.3 Å². The van der Waals surface area contributed by atoms with Crippen LogP contribution in [0.4, 0.5) is 0 Å². The Balaban J connectivity index is 1.05. The van der Waals surface area contributed by atoms with E-state index in [1.54, 1.807) is 0 Å². The largest absolute Gasteiger partial charge is 0.455 e. The number of hydrogen-bond acceptors (Lipinski definition) is 5. The van der Waals surface area contributed by atoms with Crippen LogP contribution in [-0.2, 0) is 0 Å². The molecule has 0 aliphatic carbocycles. The van der Waals surface area contributed by atoms with Crippen LogP contribution in [-0.4, -0.2) is 16.2 Å². The fourth-order valence-electron chi connectivity index (χ4n) is 10.2. The number of para-hydroxylation sites is 1. The van der Waals surface area contributed by atoms with Crippen molar-refractivity contribution in [2.75, 3.05) is 0 Å². The van der Waals surface area contributed by atoms with Crippen LogP contribution < -0.4 is 5.32 Å². The lowest BCUT2D eigenvalue weighted by atomic mass is 9.93. The molecule has 0 fully saturated rings. The molecule has 0 spiro atoms. The van der Waals surface area contributed by atoms with Crippen molar-refractivity contribution in [3.8, 4) is 16.8 Å². The van der Waals surface area contributed by atoms with Crippen molar-refractivity contribution in [1.82, 2.24) is 9.88 Å². The maximum absolute atomic E-state index is 6.81. The van der Waals surface area contributed by atoms with Gasteiger partial charge in [0.05, 0.1) is 11.0 Å². The van der Waals surface area contributed by atoms with E-state index in [1.807, 2.05) is 11.3 Å². The van der Waals surface area contributed by atoms with Crippen molar-refractivity contribution in [2.45, 2.75) is 6.17 Å². The molecule has 1 N–H and O–H groups in total. The standard InChI is InChI=1S/C59H36N4OS/c1-2-14-36(15-3-1)57-60-58(39-26-30-54-49(32-39)43-20-9-11-24-53(43)65-54)62-59(61-57)45-29-27-40(63-50-22-10-8-19-42(50)48-31-37-16-4-5-17-38(37)33-51(48)63)34-47(45)44-21-12-23-52-55(44)46-28-25-35-13-6-7-18-41(35)56(46)64-52/h1-34,57H,(H,60,61,62). The molecule has 0 bridgehead atoms. The molecule has 4 heterocycles. The van der Waals surface area contributed by atoms with Gasteiger partial charge in [-0.25, -0.2) is 9.98 Å². The zero-order chi connectivity index (χ0) is 42.6. The number of rotatable bonds is 5. The molecule has 1 atom stereocenters. The molecule has 1 aliphatic heterocycles. The van der Waals surface area contributed by atoms with Crippen LogP contribution in [0.5, 0.6) is 0 Å². The number of aromatic nitrogens is 1. The summed E-state index contributed by atoms with van der Waals surface area (Å²) in [6.07, 6.45) is -0.372. The lowest BCUT2D eigenvalue weighted by Gasteiger charge is -2.25. The lowest BCUT2D eigenvalue weighted by molar-refractivity contribution is 0.672. The Morgan fingerprint density at radius 1 is 0.477 bits per heavy atom. The molecule has 10 aromatic carbocycles. The summed E-state index contributed by atoms with van der Waals surface area (Å²) < 4.78 is 11.8. The van der Waals surface area contributed by atoms with Crippen molar-refractivity contribution in [2.24, 2.45) is 9.98 Å². The second-order valence-corrected chi connectivity index (χ2v) is 18.0. The third-order valence-corrected chi connectivity index (χ3v) is 14.4. The molecule has 3 aromatic heterocycles. The van der Waals surface area contributed by atoms with Crippen LogP contribution in [0.2, 0.25) is 0 Å². The molecule has 1 aliphatic rings. The summed E-state index contributed by atoms with van der Waals surface area (Å²) in [4.78, 5) is 11.0. The predicted octanol–water partition coefficient (Wildman–Crippen LogP) is 15.5. The number of fused-ring (bicyclic) bond motifs is 12. The summed E-state index contributed by atoms with van der Waals surface area (Å²) in [5, 5.41) is 15.5. The lowest BCUT2D eigenvalue weighted by Crippen LogP contribution is -2.33. The Morgan fingerprint density at radius 2 is 1.23 bits per heavy atom. The zero-order valence-electron chi connectivity index (χ0n) is 34.9. The van der Waals surface area contributed by atoms with E-state index in [2.05, 4.69) is 216 Å². The van der Waals surface area contributed by atoms with Crippen LogP contribution in [0.1, 0.15) is 22.9 Å². The fourth-order valence-corrected chi connectivity index (χ4v) is 11.3. The molecule has 0 saturated heterocycles. The highest BCUT2D eigenvalue weighted by Crippen LogP contribution is 2.43. The smallest absolute Gasteiger partial charge is 0.160 e. The van der Waals surface area contributed by atoms with E-state index in [0.717, 1.165) is 83.1 Å². The van der Waals surface area contributed by atoms with Gasteiger partial charge in [-0.3, -0.25) is 0 Å². The van der Waals surface area contributed by atoms with Gasteiger partial charge in [0.1, 0.15) is 23.2 Å². The number of furan rings is 1. The summed E-state index contributed by atoms with van der Waals surface area (Å²) in [6.45, 7) is 0. The molecule has 14 rings (SSSR count). The van der Waals surface area contributed by atoms with E-state index < -0.39 is 0 Å². The number of amidine groups is 2. The van der Waals surface area contributed by atoms with Crippen LogP contribution in [0.3, 0.4) is 0 Å². The number of thiophene rings is 1. The number of benzene rings is 10. The third kappa shape index (κ3) is 5.64. The zero-order valence-corrected chi connectivity index (χ0v) is 35.7. The van der Waals surface area contributed by atoms with Gasteiger partial charge in [-0.1, -0.05) is 133 Å². The number of nitrogens with one attached hydrogen (secondary N) is 1. The van der Waals surface area contributed by atoms with E-state index in [-0.39, 0.29) is 6.17 Å². The van der Waals surface area contributed by atoms with Crippen LogP contribution >= 0.6 is 11.3 Å². The second kappa shape index (κ2) is 14.1. The first-order valence-corrected chi connectivity index (χ1v) is 22.8. The minimum Gasteiger partial charge on any atom is -0.455 e. The van der Waals surface area contributed by atoms with Crippen molar-refractivity contribution >= 4 is 108 Å². The quantitative estimate of drug-likeness (QED) is 0.188. The molecule has 6 heteroatoms. The molecule has 0 radical (unpaired) electrons. The molecule has 13 aromatic rings. The van der Waals surface area contributed by atoms with Gasteiger partial charge in [0.25, 0.3) is 0 Å². The number of hydrogen-bond donors (Lipinski definition) is 1. The van der Waals surface area contributed by atoms with E-state index in [9.17, 15) is 0 Å². The van der Waals surface area contributed by atoms with Crippen molar-refractivity contribution < 1.29 is 4.42 Å². The molecule has 5 nitrogen and oxygen atoms in total. The van der Waals surface area contributed by atoms with Gasteiger partial charge in [0, 0.05) is 63.9 Å². The Morgan fingerprint density at radius 3 is 2.12 bits per heavy atom. The fraction of sp³-hybridized carbons (Fsp3) is 0.0169. The van der Waals surface area contributed by atoms with E-state index in [0.29, 0.717) is 5.84 Å². The minimum atomic E-state index is -0.372. The van der Waals surface area contributed by atoms with Gasteiger partial charge >= 0.3 is 0 Å². The van der Waals surface area contributed by atoms with Crippen LogP contribution in [0.15, 0.2) is 221 Å². The van der Waals surface area contributed by atoms with Gasteiger partial charge in [0.2, 0.25) is 0 Å². The predicted molar refractivity (Wildman–Crippen MR) is 273 cm³/mol. The van der Waals surface area contributed by atoms with Crippen molar-refractivity contribution in [1.29, 1.82) is 0 Å². The average molecular weight is 849 g/mol. The summed E-state index contributed by atoms with van der Waals surface area (Å²) >= 11 is 1.82. The Bertz CT molecular complexity index is 4170. The van der Waals surface area contributed by atoms with Crippen molar-refractivity contribution in [3.63, 3.8) is 0 Å². The highest BCUT2D eigenvalue weighted by molar-refractivity contribution is 7.25. The summed E-state index contributed by atoms with van der Waals surface area (Å²) in [6, 6.07) is 73.9. The first-order valence-electron chi connectivity index (χ1n) is 22.0. The monoisotopic (exact) mass is 848 g/mol. The maximum atomic E-state index is 6.81. The molecule has 304 valence electrons. The normalized spacial score (nSPS) is 14.3. The second-order valence-electron chi connectivity index (χ2n) is 16.9. The van der Waals surface area contributed by atoms with Crippen LogP contribution in [0.25, 0.3) is 102 Å². The number of nitrogens with zero attached hydrogens (tertiary/aromatic N) is 3. The highest BCUT2D eigenvalue weighted by atomic mass is 32.1. The Kier molecular flexibility index (Phi) is 7.85. The Labute approximate surface area is 376 Å². The van der Waals surface area contributed by atoms with Gasteiger partial charge in [-0.2, -0.15) is 0 Å². The average Bonchev–Trinajstić information content (AvgIpc) is 4.05. The first kappa shape index (κ1) is 36.2. The van der Waals surface area contributed by atoms with Gasteiger partial charge in [0.15, 0.2) is 5.84 Å². The highest BCUT2D eigenvalue weighted by Gasteiger charge is 2.26. The van der Waals surface area contributed by atoms with Gasteiger partial charge in [-0.15, -0.1) is 11.3 Å². The first-order chi connectivity index (χ1) is 32.2. The molecular weight excluding hydrogens is 813 g/mol. The third-order valence-electron chi connectivity index (χ3n) is 13.2.